The normalized spacial score (nSPS) is 12.3. The van der Waals surface area contributed by atoms with Crippen LogP contribution in [0.3, 0.4) is 0 Å². The van der Waals surface area contributed by atoms with E-state index >= 15 is 0 Å². The number of halogens is 1. The fourth-order valence-corrected chi connectivity index (χ4v) is 3.03. The summed E-state index contributed by atoms with van der Waals surface area (Å²) in [7, 11) is 0. The van der Waals surface area contributed by atoms with E-state index in [2.05, 4.69) is 27.8 Å². The zero-order chi connectivity index (χ0) is 17.8. The number of benzene rings is 3. The molecule has 0 N–H and O–H groups in total. The van der Waals surface area contributed by atoms with Crippen LogP contribution in [0.1, 0.15) is 17.2 Å². The second-order valence-electron chi connectivity index (χ2n) is 6.22. The van der Waals surface area contributed by atoms with Crippen LogP contribution in [-0.2, 0) is 17.9 Å². The summed E-state index contributed by atoms with van der Waals surface area (Å²) < 4.78 is 21.4. The van der Waals surface area contributed by atoms with Crippen molar-refractivity contribution in [1.29, 1.82) is 0 Å². The number of aromatic nitrogens is 2. The molecule has 0 bridgehead atoms. The third kappa shape index (κ3) is 3.65. The number of hydrogen-bond donors (Lipinski definition) is 0. The lowest BCUT2D eigenvalue weighted by molar-refractivity contribution is 0.0286. The van der Waals surface area contributed by atoms with E-state index in [1.807, 2.05) is 42.7 Å². The number of para-hydroxylation sites is 2. The number of rotatable bonds is 6. The Morgan fingerprint density at radius 3 is 2.42 bits per heavy atom. The first kappa shape index (κ1) is 16.5. The minimum absolute atomic E-state index is 0.126. The maximum atomic E-state index is 13.1. The zero-order valence-electron chi connectivity index (χ0n) is 14.3. The third-order valence-electron chi connectivity index (χ3n) is 4.43. The first-order valence-electron chi connectivity index (χ1n) is 8.60. The lowest BCUT2D eigenvalue weighted by Crippen LogP contribution is -2.12. The number of nitrogens with zero attached hydrogens (tertiary/aromatic N) is 2. The van der Waals surface area contributed by atoms with E-state index in [0.717, 1.165) is 22.2 Å². The van der Waals surface area contributed by atoms with E-state index in [-0.39, 0.29) is 11.9 Å². The van der Waals surface area contributed by atoms with Crippen LogP contribution in [0.2, 0.25) is 0 Å². The van der Waals surface area contributed by atoms with Crippen LogP contribution >= 0.6 is 0 Å². The summed E-state index contributed by atoms with van der Waals surface area (Å²) in [5.41, 5.74) is 4.10. The van der Waals surface area contributed by atoms with Crippen LogP contribution in [0.5, 0.6) is 0 Å². The van der Waals surface area contributed by atoms with Crippen molar-refractivity contribution < 1.29 is 9.13 Å². The van der Waals surface area contributed by atoms with Crippen molar-refractivity contribution in [3.63, 3.8) is 0 Å². The molecule has 1 heterocycles. The molecule has 0 radical (unpaired) electrons. The molecule has 4 rings (SSSR count). The second kappa shape index (κ2) is 7.50. The van der Waals surface area contributed by atoms with Gasteiger partial charge in [0, 0.05) is 0 Å². The van der Waals surface area contributed by atoms with Crippen LogP contribution < -0.4 is 0 Å². The minimum Gasteiger partial charge on any atom is -0.367 e. The number of hydrogen-bond acceptors (Lipinski definition) is 2. The first-order chi connectivity index (χ1) is 12.8. The van der Waals surface area contributed by atoms with Gasteiger partial charge in [-0.05, 0) is 35.4 Å². The van der Waals surface area contributed by atoms with E-state index in [1.165, 1.54) is 12.1 Å². The standard InChI is InChI=1S/C22H19FN2O/c23-19-12-10-17(11-13-19)15-26-22(18-6-2-1-3-7-18)14-25-16-24-20-8-4-5-9-21(20)25/h1-13,16,22H,14-15H2/t22-/m0/s1. The molecule has 0 aliphatic carbocycles. The Bertz CT molecular complexity index is 980. The van der Waals surface area contributed by atoms with E-state index in [9.17, 15) is 4.39 Å². The topological polar surface area (TPSA) is 27.1 Å². The Labute approximate surface area is 151 Å². The molecule has 3 nitrogen and oxygen atoms in total. The minimum atomic E-state index is -0.238. The highest BCUT2D eigenvalue weighted by atomic mass is 19.1. The summed E-state index contributed by atoms with van der Waals surface area (Å²) >= 11 is 0. The highest BCUT2D eigenvalue weighted by Gasteiger charge is 2.15. The van der Waals surface area contributed by atoms with Gasteiger partial charge in [-0.3, -0.25) is 0 Å². The molecule has 130 valence electrons. The smallest absolute Gasteiger partial charge is 0.123 e. The van der Waals surface area contributed by atoms with Crippen LogP contribution in [0.25, 0.3) is 11.0 Å². The lowest BCUT2D eigenvalue weighted by Gasteiger charge is -2.19. The summed E-state index contributed by atoms with van der Waals surface area (Å²) in [5.74, 6) is -0.238. The monoisotopic (exact) mass is 346 g/mol. The van der Waals surface area contributed by atoms with E-state index in [1.54, 1.807) is 12.1 Å². The predicted molar refractivity (Wildman–Crippen MR) is 100 cm³/mol. The molecule has 4 aromatic rings. The molecule has 0 unspecified atom stereocenters. The van der Waals surface area contributed by atoms with E-state index < -0.39 is 0 Å². The summed E-state index contributed by atoms with van der Waals surface area (Å²) in [6.07, 6.45) is 1.72. The van der Waals surface area contributed by atoms with Crippen molar-refractivity contribution in [2.24, 2.45) is 0 Å². The third-order valence-corrected chi connectivity index (χ3v) is 4.43. The Kier molecular flexibility index (Phi) is 4.75. The largest absolute Gasteiger partial charge is 0.367 e. The maximum absolute atomic E-state index is 13.1. The summed E-state index contributed by atoms with van der Waals surface area (Å²) in [4.78, 5) is 4.46. The molecular formula is C22H19FN2O. The predicted octanol–water partition coefficient (Wildman–Crippen LogP) is 5.13. The number of ether oxygens (including phenoxy) is 1. The van der Waals surface area contributed by atoms with Crippen LogP contribution in [0.4, 0.5) is 4.39 Å². The van der Waals surface area contributed by atoms with Gasteiger partial charge in [0.25, 0.3) is 0 Å². The molecule has 0 aliphatic heterocycles. The molecule has 0 amide bonds. The van der Waals surface area contributed by atoms with Gasteiger partial charge in [-0.1, -0.05) is 54.6 Å². The fraction of sp³-hybridized carbons (Fsp3) is 0.136. The van der Waals surface area contributed by atoms with Gasteiger partial charge in [-0.2, -0.15) is 0 Å². The Morgan fingerprint density at radius 2 is 1.62 bits per heavy atom. The Hall–Kier alpha value is -2.98. The van der Waals surface area contributed by atoms with Crippen molar-refractivity contribution in [3.8, 4) is 0 Å². The summed E-state index contributed by atoms with van der Waals surface area (Å²) in [5, 5.41) is 0. The van der Waals surface area contributed by atoms with Crippen LogP contribution in [0.15, 0.2) is 85.2 Å². The Morgan fingerprint density at radius 1 is 0.885 bits per heavy atom. The maximum Gasteiger partial charge on any atom is 0.123 e. The Balaban J connectivity index is 1.57. The average molecular weight is 346 g/mol. The number of fused-ring (bicyclic) bond motifs is 1. The first-order valence-corrected chi connectivity index (χ1v) is 8.60. The van der Waals surface area contributed by atoms with Gasteiger partial charge in [0.1, 0.15) is 11.9 Å². The fourth-order valence-electron chi connectivity index (χ4n) is 3.03. The van der Waals surface area contributed by atoms with Gasteiger partial charge in [-0.15, -0.1) is 0 Å². The van der Waals surface area contributed by atoms with Crippen molar-refractivity contribution in [1.82, 2.24) is 9.55 Å². The second-order valence-corrected chi connectivity index (χ2v) is 6.22. The van der Waals surface area contributed by atoms with Gasteiger partial charge in [0.15, 0.2) is 0 Å². The quantitative estimate of drug-likeness (QED) is 0.484. The molecule has 0 aliphatic rings. The molecule has 0 fully saturated rings. The van der Waals surface area contributed by atoms with Crippen molar-refractivity contribution in [2.45, 2.75) is 19.3 Å². The highest BCUT2D eigenvalue weighted by molar-refractivity contribution is 5.74. The van der Waals surface area contributed by atoms with Crippen LogP contribution in [0, 0.1) is 5.82 Å². The molecule has 3 aromatic carbocycles. The molecule has 0 saturated carbocycles. The molecular weight excluding hydrogens is 327 g/mol. The zero-order valence-corrected chi connectivity index (χ0v) is 14.3. The van der Waals surface area contributed by atoms with Gasteiger partial charge >= 0.3 is 0 Å². The molecule has 26 heavy (non-hydrogen) atoms. The van der Waals surface area contributed by atoms with Gasteiger partial charge < -0.3 is 9.30 Å². The van der Waals surface area contributed by atoms with Crippen molar-refractivity contribution >= 4 is 11.0 Å². The summed E-state index contributed by atoms with van der Waals surface area (Å²) in [6, 6.07) is 24.6. The molecule has 1 aromatic heterocycles. The molecule has 0 spiro atoms. The van der Waals surface area contributed by atoms with Gasteiger partial charge in [0.05, 0.1) is 30.5 Å². The molecule has 4 heteroatoms. The van der Waals surface area contributed by atoms with Gasteiger partial charge in [0.2, 0.25) is 0 Å². The molecule has 1 atom stereocenters. The van der Waals surface area contributed by atoms with E-state index in [4.69, 9.17) is 4.74 Å². The lowest BCUT2D eigenvalue weighted by atomic mass is 10.1. The van der Waals surface area contributed by atoms with Crippen molar-refractivity contribution in [3.05, 3.63) is 102 Å². The number of imidazole rings is 1. The highest BCUT2D eigenvalue weighted by Crippen LogP contribution is 2.23. The van der Waals surface area contributed by atoms with Gasteiger partial charge in [-0.25, -0.2) is 9.37 Å². The van der Waals surface area contributed by atoms with Crippen molar-refractivity contribution in [2.75, 3.05) is 0 Å². The summed E-state index contributed by atoms with van der Waals surface area (Å²) in [6.45, 7) is 1.08. The average Bonchev–Trinajstić information content (AvgIpc) is 3.10. The van der Waals surface area contributed by atoms with Crippen LogP contribution in [-0.4, -0.2) is 9.55 Å². The molecule has 0 saturated heterocycles. The SMILES string of the molecule is Fc1ccc(CO[C@@H](Cn2cnc3ccccc32)c2ccccc2)cc1. The van der Waals surface area contributed by atoms with E-state index in [0.29, 0.717) is 13.2 Å².